The number of aliphatic carboxylic acids is 1. The first-order chi connectivity index (χ1) is 13.3. The minimum absolute atomic E-state index is 0. The maximum absolute atomic E-state index is 10.2. The van der Waals surface area contributed by atoms with Gasteiger partial charge in [0.05, 0.1) is 13.2 Å². The molecule has 0 aliphatic carbocycles. The maximum atomic E-state index is 10.2. The van der Waals surface area contributed by atoms with Gasteiger partial charge in [0.1, 0.15) is 6.10 Å². The second-order valence-electron chi connectivity index (χ2n) is 5.90. The second-order valence-corrected chi connectivity index (χ2v) is 8.11. The van der Waals surface area contributed by atoms with E-state index < -0.39 is 32.9 Å². The number of rotatable bonds is 14. The van der Waals surface area contributed by atoms with Gasteiger partial charge in [0.15, 0.2) is 0 Å². The van der Waals surface area contributed by atoms with E-state index in [0.29, 0.717) is 6.42 Å². The summed E-state index contributed by atoms with van der Waals surface area (Å²) >= 11 is 0. The predicted molar refractivity (Wildman–Crippen MR) is 102 cm³/mol. The number of hydrogen-bond donors (Lipinski definition) is 5. The molecule has 178 valence electrons. The summed E-state index contributed by atoms with van der Waals surface area (Å²) < 4.78 is 56.9. The van der Waals surface area contributed by atoms with Gasteiger partial charge < -0.3 is 25.0 Å². The van der Waals surface area contributed by atoms with Crippen molar-refractivity contribution >= 4 is 26.8 Å². The number of aliphatic hydroxyl groups excluding tert-OH is 3. The summed E-state index contributed by atoms with van der Waals surface area (Å²) in [5.74, 6) is -0.659. The third kappa shape index (κ3) is 46.4. The Morgan fingerprint density at radius 1 is 0.900 bits per heavy atom. The summed E-state index contributed by atoms with van der Waals surface area (Å²) in [6, 6.07) is 0. The van der Waals surface area contributed by atoms with Gasteiger partial charge in [0.2, 0.25) is 10.4 Å². The molecule has 12 nitrogen and oxygen atoms in total. The molecular formula is C15H33NaO12S2. The first kappa shape index (κ1) is 37.4. The summed E-state index contributed by atoms with van der Waals surface area (Å²) in [7, 11) is -10.6. The Balaban J connectivity index is -0.000000182. The molecule has 0 aromatic carbocycles. The molecule has 0 amide bonds. The Hall–Kier alpha value is 0.130. The summed E-state index contributed by atoms with van der Waals surface area (Å²) in [5, 5.41) is 32.4. The average Bonchev–Trinajstić information content (AvgIpc) is 2.57. The smallest absolute Gasteiger partial charge is 0.725 e. The topological polar surface area (TPSA) is 219 Å². The van der Waals surface area contributed by atoms with E-state index in [1.165, 1.54) is 44.9 Å². The summed E-state index contributed by atoms with van der Waals surface area (Å²) in [4.78, 5) is 10.2. The van der Waals surface area contributed by atoms with Gasteiger partial charge in [-0.3, -0.25) is 9.35 Å². The maximum Gasteiger partial charge on any atom is 1.00 e. The third-order valence-electron chi connectivity index (χ3n) is 3.09. The number of hydrogen-bond acceptors (Lipinski definition) is 10. The Kier molecular flexibility index (Phi) is 29.7. The SMILES string of the molecule is CCCCCCCCCCCC(=O)O.O=S(=O)([O-])OS(=O)(=O)O.OCC(O)CO.[Na+]. The van der Waals surface area contributed by atoms with Crippen molar-refractivity contribution in [2.45, 2.75) is 77.2 Å². The minimum atomic E-state index is -5.37. The van der Waals surface area contributed by atoms with Crippen LogP contribution >= 0.6 is 0 Å². The number of carboxylic acids is 1. The van der Waals surface area contributed by atoms with Crippen molar-refractivity contribution in [2.75, 3.05) is 13.2 Å². The Morgan fingerprint density at radius 2 is 1.27 bits per heavy atom. The minimum Gasteiger partial charge on any atom is -0.725 e. The van der Waals surface area contributed by atoms with Crippen LogP contribution in [-0.4, -0.2) is 71.7 Å². The van der Waals surface area contributed by atoms with Crippen molar-refractivity contribution in [3.8, 4) is 0 Å². The fourth-order valence-corrected chi connectivity index (χ4v) is 2.59. The van der Waals surface area contributed by atoms with Crippen molar-refractivity contribution in [3.05, 3.63) is 0 Å². The molecule has 0 radical (unpaired) electrons. The van der Waals surface area contributed by atoms with Gasteiger partial charge in [-0.25, -0.2) is 8.42 Å². The van der Waals surface area contributed by atoms with Crippen LogP contribution in [0.1, 0.15) is 71.1 Å². The van der Waals surface area contributed by atoms with E-state index in [-0.39, 0.29) is 42.8 Å². The second kappa shape index (κ2) is 23.8. The summed E-state index contributed by atoms with van der Waals surface area (Å²) in [6.07, 6.45) is 10.5. The van der Waals surface area contributed by atoms with E-state index in [9.17, 15) is 26.2 Å². The van der Waals surface area contributed by atoms with Gasteiger partial charge in [0, 0.05) is 6.42 Å². The Bertz CT molecular complexity index is 546. The van der Waals surface area contributed by atoms with Crippen molar-refractivity contribution < 1.29 is 84.3 Å². The fraction of sp³-hybridized carbons (Fsp3) is 0.933. The largest absolute Gasteiger partial charge is 1.00 e. The molecule has 5 N–H and O–H groups in total. The quantitative estimate of drug-likeness (QED) is 0.0741. The zero-order valence-corrected chi connectivity index (χ0v) is 21.1. The summed E-state index contributed by atoms with van der Waals surface area (Å²) in [6.45, 7) is 1.50. The summed E-state index contributed by atoms with van der Waals surface area (Å²) in [5.41, 5.74) is 0. The molecular weight excluding hydrogens is 459 g/mol. The van der Waals surface area contributed by atoms with Crippen LogP contribution in [0.4, 0.5) is 0 Å². The van der Waals surface area contributed by atoms with Gasteiger partial charge in [-0.2, -0.15) is 8.42 Å². The van der Waals surface area contributed by atoms with Gasteiger partial charge >= 0.3 is 45.9 Å². The first-order valence-electron chi connectivity index (χ1n) is 9.04. The zero-order valence-electron chi connectivity index (χ0n) is 17.5. The van der Waals surface area contributed by atoms with Crippen LogP contribution in [-0.2, 0) is 29.2 Å². The van der Waals surface area contributed by atoms with E-state index in [1.807, 2.05) is 0 Å². The van der Waals surface area contributed by atoms with Gasteiger partial charge in [-0.1, -0.05) is 58.3 Å². The molecule has 30 heavy (non-hydrogen) atoms. The predicted octanol–water partition coefficient (Wildman–Crippen LogP) is -2.41. The zero-order chi connectivity index (χ0) is 23.3. The molecule has 0 unspecified atom stereocenters. The molecule has 0 fully saturated rings. The van der Waals surface area contributed by atoms with E-state index in [0.717, 1.165) is 12.8 Å². The van der Waals surface area contributed by atoms with Crippen LogP contribution in [0, 0.1) is 0 Å². The number of aliphatic hydroxyl groups is 3. The number of carbonyl (C=O) groups is 1. The first-order valence-corrected chi connectivity index (χ1v) is 11.7. The number of unbranched alkanes of at least 4 members (excludes halogenated alkanes) is 8. The van der Waals surface area contributed by atoms with Crippen molar-refractivity contribution in [3.63, 3.8) is 0 Å². The van der Waals surface area contributed by atoms with E-state index >= 15 is 0 Å². The van der Waals surface area contributed by atoms with Crippen molar-refractivity contribution in [1.29, 1.82) is 0 Å². The molecule has 0 rings (SSSR count). The van der Waals surface area contributed by atoms with Gasteiger partial charge in [-0.05, 0) is 6.42 Å². The molecule has 0 saturated carbocycles. The third-order valence-corrected chi connectivity index (χ3v) is 4.44. The molecule has 15 heteroatoms. The van der Waals surface area contributed by atoms with Gasteiger partial charge in [0.25, 0.3) is 0 Å². The van der Waals surface area contributed by atoms with Gasteiger partial charge in [-0.15, -0.1) is 3.63 Å². The van der Waals surface area contributed by atoms with Crippen LogP contribution < -0.4 is 29.6 Å². The Morgan fingerprint density at radius 3 is 1.47 bits per heavy atom. The molecule has 0 heterocycles. The van der Waals surface area contributed by atoms with Crippen LogP contribution in [0.2, 0.25) is 0 Å². The van der Waals surface area contributed by atoms with Crippen LogP contribution in [0.5, 0.6) is 0 Å². The molecule has 0 aliphatic heterocycles. The van der Waals surface area contributed by atoms with E-state index in [1.54, 1.807) is 0 Å². The van der Waals surface area contributed by atoms with E-state index in [2.05, 4.69) is 10.6 Å². The standard InChI is InChI=1S/C12H24O2.C3H8O3.Na.H2O7S2/c1-2-3-4-5-6-7-8-9-10-11-12(13)14;4-1-3(6)2-5;;1-8(2,3)7-9(4,5)6/h2-11H2,1H3,(H,13,14);3-6H,1-2H2;;(H,1,2,3)(H,4,5,6)/q;;+1;/p-1. The normalized spacial score (nSPS) is 10.9. The van der Waals surface area contributed by atoms with E-state index in [4.69, 9.17) is 25.0 Å². The monoisotopic (exact) mass is 492 g/mol. The van der Waals surface area contributed by atoms with Crippen molar-refractivity contribution in [1.82, 2.24) is 0 Å². The molecule has 0 saturated heterocycles. The molecule has 0 aliphatic rings. The van der Waals surface area contributed by atoms with Crippen molar-refractivity contribution in [2.24, 2.45) is 0 Å². The van der Waals surface area contributed by atoms with Crippen LogP contribution in [0.25, 0.3) is 0 Å². The number of carboxylic acid groups (broad SMARTS) is 1. The van der Waals surface area contributed by atoms with Crippen LogP contribution in [0.15, 0.2) is 0 Å². The molecule has 0 aromatic heterocycles. The molecule has 0 spiro atoms. The molecule has 0 atom stereocenters. The average molecular weight is 493 g/mol. The molecule has 0 bridgehead atoms. The van der Waals surface area contributed by atoms with Crippen LogP contribution in [0.3, 0.4) is 0 Å². The fourth-order valence-electron chi connectivity index (χ4n) is 1.75. The Labute approximate surface area is 200 Å². The molecule has 0 aromatic rings.